The Bertz CT molecular complexity index is 402. The fraction of sp³-hybridized carbons (Fsp3) is 0.462. The zero-order valence-corrected chi connectivity index (χ0v) is 11.0. The fourth-order valence-corrected chi connectivity index (χ4v) is 2.84. The van der Waals surface area contributed by atoms with Crippen molar-refractivity contribution in [2.24, 2.45) is 0 Å². The van der Waals surface area contributed by atoms with Gasteiger partial charge in [-0.1, -0.05) is 29.8 Å². The maximum atomic E-state index is 11.9. The highest BCUT2D eigenvalue weighted by molar-refractivity contribution is 7.99. The Hall–Kier alpha value is -1.00. The van der Waals surface area contributed by atoms with Crippen molar-refractivity contribution in [1.29, 1.82) is 0 Å². The topological polar surface area (TPSA) is 41.1 Å². The fourth-order valence-electron chi connectivity index (χ4n) is 1.90. The normalized spacial score (nSPS) is 21.2. The molecule has 0 spiro atoms. The second kappa shape index (κ2) is 5.56. The minimum atomic E-state index is -0.0349. The molecular weight excluding hydrogens is 232 g/mol. The van der Waals surface area contributed by atoms with E-state index >= 15 is 0 Å². The minimum absolute atomic E-state index is 0.0349. The summed E-state index contributed by atoms with van der Waals surface area (Å²) in [6.07, 6.45) is 0. The van der Waals surface area contributed by atoms with Crippen LogP contribution in [-0.2, 0) is 4.79 Å². The summed E-state index contributed by atoms with van der Waals surface area (Å²) < 4.78 is 0. The molecule has 1 aliphatic rings. The molecule has 2 N–H and O–H groups in total. The highest BCUT2D eigenvalue weighted by Crippen LogP contribution is 2.15. The van der Waals surface area contributed by atoms with E-state index in [1.807, 2.05) is 13.0 Å². The van der Waals surface area contributed by atoms with Crippen molar-refractivity contribution in [2.75, 3.05) is 11.6 Å². The van der Waals surface area contributed by atoms with Gasteiger partial charge in [-0.25, -0.2) is 0 Å². The molecule has 1 aromatic rings. The van der Waals surface area contributed by atoms with Gasteiger partial charge in [-0.15, -0.1) is 11.8 Å². The molecule has 0 aliphatic carbocycles. The van der Waals surface area contributed by atoms with Crippen LogP contribution in [0, 0.1) is 6.92 Å². The van der Waals surface area contributed by atoms with E-state index in [2.05, 4.69) is 35.8 Å². The molecule has 1 fully saturated rings. The van der Waals surface area contributed by atoms with Crippen LogP contribution in [0.4, 0.5) is 0 Å². The summed E-state index contributed by atoms with van der Waals surface area (Å²) in [5.74, 6) is 1.84. The summed E-state index contributed by atoms with van der Waals surface area (Å²) in [7, 11) is 0. The van der Waals surface area contributed by atoms with Crippen molar-refractivity contribution in [2.45, 2.75) is 25.9 Å². The van der Waals surface area contributed by atoms with E-state index in [0.29, 0.717) is 0 Å². The predicted octanol–water partition coefficient (Wildman–Crippen LogP) is 1.83. The van der Waals surface area contributed by atoms with Gasteiger partial charge in [0.25, 0.3) is 0 Å². The van der Waals surface area contributed by atoms with Gasteiger partial charge in [0.15, 0.2) is 0 Å². The number of thioether (sulfide) groups is 1. The summed E-state index contributed by atoms with van der Waals surface area (Å²) in [6, 6.07) is 8.28. The van der Waals surface area contributed by atoms with Crippen LogP contribution in [0.5, 0.6) is 0 Å². The summed E-state index contributed by atoms with van der Waals surface area (Å²) in [5.41, 5.74) is 2.38. The minimum Gasteiger partial charge on any atom is -0.348 e. The lowest BCUT2D eigenvalue weighted by molar-refractivity contribution is -0.123. The lowest BCUT2D eigenvalue weighted by Crippen LogP contribution is -2.42. The van der Waals surface area contributed by atoms with Crippen molar-refractivity contribution in [3.63, 3.8) is 0 Å². The molecule has 0 aromatic heterocycles. The van der Waals surface area contributed by atoms with E-state index in [1.165, 1.54) is 5.56 Å². The van der Waals surface area contributed by atoms with Crippen LogP contribution in [-0.4, -0.2) is 23.6 Å². The SMILES string of the molecule is Cc1cccc([C@@H](C)NC(=O)C2CSCN2)c1. The van der Waals surface area contributed by atoms with Gasteiger partial charge in [0, 0.05) is 11.6 Å². The number of rotatable bonds is 3. The molecule has 1 unspecified atom stereocenters. The zero-order valence-electron chi connectivity index (χ0n) is 10.2. The Morgan fingerprint density at radius 3 is 3.06 bits per heavy atom. The molecular formula is C13H18N2OS. The third kappa shape index (κ3) is 3.23. The van der Waals surface area contributed by atoms with E-state index < -0.39 is 0 Å². The molecule has 1 aromatic carbocycles. The van der Waals surface area contributed by atoms with Crippen LogP contribution >= 0.6 is 11.8 Å². The van der Waals surface area contributed by atoms with Crippen molar-refractivity contribution in [1.82, 2.24) is 10.6 Å². The first-order valence-electron chi connectivity index (χ1n) is 5.85. The Morgan fingerprint density at radius 2 is 2.41 bits per heavy atom. The van der Waals surface area contributed by atoms with E-state index in [4.69, 9.17) is 0 Å². The van der Waals surface area contributed by atoms with Gasteiger partial charge in [-0.05, 0) is 19.4 Å². The molecule has 1 amide bonds. The van der Waals surface area contributed by atoms with Crippen LogP contribution in [0.2, 0.25) is 0 Å². The molecule has 2 atom stereocenters. The monoisotopic (exact) mass is 250 g/mol. The molecule has 1 saturated heterocycles. The second-order valence-electron chi connectivity index (χ2n) is 4.42. The smallest absolute Gasteiger partial charge is 0.238 e. The van der Waals surface area contributed by atoms with Gasteiger partial charge in [0.05, 0.1) is 12.1 Å². The van der Waals surface area contributed by atoms with E-state index in [1.54, 1.807) is 11.8 Å². The third-order valence-electron chi connectivity index (χ3n) is 2.93. The Kier molecular flexibility index (Phi) is 4.07. The number of aryl methyl sites for hydroxylation is 1. The number of benzene rings is 1. The number of carbonyl (C=O) groups excluding carboxylic acids is 1. The average molecular weight is 250 g/mol. The Morgan fingerprint density at radius 1 is 1.59 bits per heavy atom. The summed E-state index contributed by atoms with van der Waals surface area (Å²) >= 11 is 1.76. The van der Waals surface area contributed by atoms with Crippen LogP contribution in [0.1, 0.15) is 24.1 Å². The quantitative estimate of drug-likeness (QED) is 0.860. The molecule has 1 heterocycles. The van der Waals surface area contributed by atoms with Crippen LogP contribution in [0.3, 0.4) is 0 Å². The molecule has 2 rings (SSSR count). The Labute approximate surface area is 106 Å². The number of carbonyl (C=O) groups is 1. The van der Waals surface area contributed by atoms with E-state index in [-0.39, 0.29) is 18.0 Å². The third-order valence-corrected chi connectivity index (χ3v) is 3.87. The van der Waals surface area contributed by atoms with E-state index in [0.717, 1.165) is 17.2 Å². The number of hydrogen-bond acceptors (Lipinski definition) is 3. The lowest BCUT2D eigenvalue weighted by Gasteiger charge is -2.17. The van der Waals surface area contributed by atoms with Crippen LogP contribution in [0.25, 0.3) is 0 Å². The molecule has 0 bridgehead atoms. The highest BCUT2D eigenvalue weighted by atomic mass is 32.2. The maximum absolute atomic E-state index is 11.9. The van der Waals surface area contributed by atoms with Gasteiger partial charge >= 0.3 is 0 Å². The predicted molar refractivity (Wildman–Crippen MR) is 72.0 cm³/mol. The van der Waals surface area contributed by atoms with Crippen molar-refractivity contribution in [3.05, 3.63) is 35.4 Å². The van der Waals surface area contributed by atoms with Gasteiger partial charge < -0.3 is 5.32 Å². The first kappa shape index (κ1) is 12.5. The lowest BCUT2D eigenvalue weighted by atomic mass is 10.1. The van der Waals surface area contributed by atoms with Gasteiger partial charge in [0.2, 0.25) is 5.91 Å². The van der Waals surface area contributed by atoms with Gasteiger partial charge in [-0.2, -0.15) is 0 Å². The summed E-state index contributed by atoms with van der Waals surface area (Å²) in [5, 5.41) is 6.23. The number of nitrogens with one attached hydrogen (secondary N) is 2. The van der Waals surface area contributed by atoms with Crippen molar-refractivity contribution in [3.8, 4) is 0 Å². The standard InChI is InChI=1S/C13H18N2OS/c1-9-4-3-5-11(6-9)10(2)15-13(16)12-7-17-8-14-12/h3-6,10,12,14H,7-8H2,1-2H3,(H,15,16)/t10-,12?/m1/s1. The second-order valence-corrected chi connectivity index (χ2v) is 5.45. The molecule has 17 heavy (non-hydrogen) atoms. The molecule has 1 aliphatic heterocycles. The van der Waals surface area contributed by atoms with Crippen LogP contribution in [0.15, 0.2) is 24.3 Å². The molecule has 0 saturated carbocycles. The first-order chi connectivity index (χ1) is 8.16. The highest BCUT2D eigenvalue weighted by Gasteiger charge is 2.23. The zero-order chi connectivity index (χ0) is 12.3. The van der Waals surface area contributed by atoms with Crippen molar-refractivity contribution < 1.29 is 4.79 Å². The largest absolute Gasteiger partial charge is 0.348 e. The van der Waals surface area contributed by atoms with Gasteiger partial charge in [0.1, 0.15) is 0 Å². The van der Waals surface area contributed by atoms with Gasteiger partial charge in [-0.3, -0.25) is 10.1 Å². The number of hydrogen-bond donors (Lipinski definition) is 2. The Balaban J connectivity index is 1.96. The molecule has 3 nitrogen and oxygen atoms in total. The van der Waals surface area contributed by atoms with Crippen molar-refractivity contribution >= 4 is 17.7 Å². The van der Waals surface area contributed by atoms with E-state index in [9.17, 15) is 4.79 Å². The van der Waals surface area contributed by atoms with Crippen LogP contribution < -0.4 is 10.6 Å². The first-order valence-corrected chi connectivity index (χ1v) is 7.00. The maximum Gasteiger partial charge on any atom is 0.238 e. The number of amides is 1. The summed E-state index contributed by atoms with van der Waals surface area (Å²) in [6.45, 7) is 4.09. The summed E-state index contributed by atoms with van der Waals surface area (Å²) in [4.78, 5) is 11.9. The molecule has 4 heteroatoms. The average Bonchev–Trinajstić information content (AvgIpc) is 2.82. The molecule has 0 radical (unpaired) electrons. The molecule has 92 valence electrons.